The van der Waals surface area contributed by atoms with Crippen molar-refractivity contribution in [1.29, 1.82) is 0 Å². The highest BCUT2D eigenvalue weighted by molar-refractivity contribution is 7.99. The SMILES string of the molecule is Cc1ccc(C)c(-n2nnnc2SCC(=O)N2C(C)CCCC2C)c1. The van der Waals surface area contributed by atoms with Crippen LogP contribution in [0.1, 0.15) is 44.2 Å². The number of benzene rings is 1. The Labute approximate surface area is 153 Å². The average molecular weight is 359 g/mol. The first-order chi connectivity index (χ1) is 12.0. The Morgan fingerprint density at radius 2 is 1.96 bits per heavy atom. The van der Waals surface area contributed by atoms with Gasteiger partial charge in [-0.25, -0.2) is 0 Å². The third-order valence-corrected chi connectivity index (χ3v) is 5.74. The van der Waals surface area contributed by atoms with Crippen LogP contribution in [0, 0.1) is 13.8 Å². The molecule has 25 heavy (non-hydrogen) atoms. The van der Waals surface area contributed by atoms with Crippen molar-refractivity contribution in [3.05, 3.63) is 29.3 Å². The van der Waals surface area contributed by atoms with E-state index >= 15 is 0 Å². The molecule has 1 fully saturated rings. The van der Waals surface area contributed by atoms with Crippen LogP contribution in [0.15, 0.2) is 23.4 Å². The van der Waals surface area contributed by atoms with Crippen LogP contribution in [0.25, 0.3) is 5.69 Å². The lowest BCUT2D eigenvalue weighted by atomic mass is 9.98. The van der Waals surface area contributed by atoms with Crippen molar-refractivity contribution in [3.8, 4) is 5.69 Å². The van der Waals surface area contributed by atoms with E-state index in [0.717, 1.165) is 29.7 Å². The van der Waals surface area contributed by atoms with E-state index in [1.54, 1.807) is 4.68 Å². The van der Waals surface area contributed by atoms with Crippen molar-refractivity contribution >= 4 is 17.7 Å². The predicted octanol–water partition coefficient (Wildman–Crippen LogP) is 3.16. The standard InChI is InChI=1S/C18H25N5OS/c1-12-8-9-13(2)16(10-12)23-18(19-20-21-23)25-11-17(24)22-14(3)6-5-7-15(22)4/h8-10,14-15H,5-7,11H2,1-4H3. The van der Waals surface area contributed by atoms with Gasteiger partial charge in [0.15, 0.2) is 0 Å². The van der Waals surface area contributed by atoms with E-state index in [9.17, 15) is 4.79 Å². The number of hydrogen-bond donors (Lipinski definition) is 0. The Morgan fingerprint density at radius 3 is 2.68 bits per heavy atom. The molecule has 6 nitrogen and oxygen atoms in total. The van der Waals surface area contributed by atoms with Gasteiger partial charge >= 0.3 is 0 Å². The highest BCUT2D eigenvalue weighted by Crippen LogP contribution is 2.26. The number of aryl methyl sites for hydroxylation is 2. The molecule has 0 radical (unpaired) electrons. The van der Waals surface area contributed by atoms with Crippen LogP contribution in [0.5, 0.6) is 0 Å². The monoisotopic (exact) mass is 359 g/mol. The summed E-state index contributed by atoms with van der Waals surface area (Å²) in [6, 6.07) is 6.81. The van der Waals surface area contributed by atoms with Gasteiger partial charge in [0.2, 0.25) is 11.1 Å². The summed E-state index contributed by atoms with van der Waals surface area (Å²) < 4.78 is 1.73. The summed E-state index contributed by atoms with van der Waals surface area (Å²) in [4.78, 5) is 14.7. The number of nitrogens with zero attached hydrogens (tertiary/aromatic N) is 5. The van der Waals surface area contributed by atoms with E-state index < -0.39 is 0 Å². The molecule has 0 aliphatic carbocycles. The minimum Gasteiger partial charge on any atom is -0.337 e. The summed E-state index contributed by atoms with van der Waals surface area (Å²) in [6.07, 6.45) is 3.37. The molecule has 3 rings (SSSR count). The fraction of sp³-hybridized carbons (Fsp3) is 0.556. The zero-order chi connectivity index (χ0) is 18.0. The second kappa shape index (κ2) is 7.56. The molecule has 1 aliphatic heterocycles. The van der Waals surface area contributed by atoms with Gasteiger partial charge in [0.1, 0.15) is 0 Å². The van der Waals surface area contributed by atoms with Crippen molar-refractivity contribution in [2.45, 2.75) is 64.2 Å². The van der Waals surface area contributed by atoms with Gasteiger partial charge in [-0.2, -0.15) is 4.68 Å². The summed E-state index contributed by atoms with van der Waals surface area (Å²) in [6.45, 7) is 8.35. The molecule has 1 aromatic carbocycles. The fourth-order valence-corrected chi connectivity index (χ4v) is 4.23. The summed E-state index contributed by atoms with van der Waals surface area (Å²) in [5.41, 5.74) is 3.21. The molecule has 2 aromatic rings. The van der Waals surface area contributed by atoms with Crippen LogP contribution in [-0.2, 0) is 4.79 Å². The van der Waals surface area contributed by atoms with Gasteiger partial charge in [0, 0.05) is 12.1 Å². The lowest BCUT2D eigenvalue weighted by Crippen LogP contribution is -2.48. The van der Waals surface area contributed by atoms with Crippen LogP contribution in [0.2, 0.25) is 0 Å². The molecule has 1 saturated heterocycles. The summed E-state index contributed by atoms with van der Waals surface area (Å²) in [5.74, 6) is 0.528. The van der Waals surface area contributed by atoms with Crippen LogP contribution in [-0.4, -0.2) is 48.9 Å². The second-order valence-electron chi connectivity index (χ2n) is 6.88. The van der Waals surface area contributed by atoms with Crippen LogP contribution >= 0.6 is 11.8 Å². The van der Waals surface area contributed by atoms with E-state index in [0.29, 0.717) is 23.0 Å². The number of carbonyl (C=O) groups is 1. The Morgan fingerprint density at radius 1 is 1.24 bits per heavy atom. The van der Waals surface area contributed by atoms with Gasteiger partial charge in [-0.05, 0) is 74.6 Å². The molecule has 1 aliphatic rings. The topological polar surface area (TPSA) is 63.9 Å². The number of amides is 1. The smallest absolute Gasteiger partial charge is 0.233 e. The molecular formula is C18H25N5OS. The lowest BCUT2D eigenvalue weighted by molar-refractivity contribution is -0.134. The molecule has 0 bridgehead atoms. The van der Waals surface area contributed by atoms with Crippen molar-refractivity contribution in [2.24, 2.45) is 0 Å². The molecule has 0 saturated carbocycles. The van der Waals surface area contributed by atoms with Crippen molar-refractivity contribution in [3.63, 3.8) is 0 Å². The van der Waals surface area contributed by atoms with Gasteiger partial charge in [-0.1, -0.05) is 23.9 Å². The number of hydrogen-bond acceptors (Lipinski definition) is 5. The van der Waals surface area contributed by atoms with Crippen molar-refractivity contribution < 1.29 is 4.79 Å². The first-order valence-corrected chi connectivity index (χ1v) is 9.76. The summed E-state index contributed by atoms with van der Waals surface area (Å²) in [5, 5.41) is 12.7. The van der Waals surface area contributed by atoms with Crippen LogP contribution in [0.4, 0.5) is 0 Å². The lowest BCUT2D eigenvalue weighted by Gasteiger charge is -2.39. The fourth-order valence-electron chi connectivity index (χ4n) is 3.48. The summed E-state index contributed by atoms with van der Waals surface area (Å²) >= 11 is 1.40. The van der Waals surface area contributed by atoms with Crippen molar-refractivity contribution in [1.82, 2.24) is 25.1 Å². The maximum atomic E-state index is 12.7. The largest absolute Gasteiger partial charge is 0.337 e. The van der Waals surface area contributed by atoms with Gasteiger partial charge in [-0.3, -0.25) is 4.79 Å². The second-order valence-corrected chi connectivity index (χ2v) is 7.82. The first-order valence-electron chi connectivity index (χ1n) is 8.77. The number of carbonyl (C=O) groups excluding carboxylic acids is 1. The van der Waals surface area contributed by atoms with Gasteiger partial charge in [0.05, 0.1) is 11.4 Å². The molecule has 134 valence electrons. The minimum atomic E-state index is 0.167. The molecule has 2 heterocycles. The van der Waals surface area contributed by atoms with E-state index in [4.69, 9.17) is 0 Å². The maximum absolute atomic E-state index is 12.7. The quantitative estimate of drug-likeness (QED) is 0.785. The Kier molecular flexibility index (Phi) is 5.42. The van der Waals surface area contributed by atoms with Crippen LogP contribution < -0.4 is 0 Å². The zero-order valence-electron chi connectivity index (χ0n) is 15.3. The predicted molar refractivity (Wildman–Crippen MR) is 99.0 cm³/mol. The third-order valence-electron chi connectivity index (χ3n) is 4.84. The number of rotatable bonds is 4. The molecule has 0 N–H and O–H groups in total. The Hall–Kier alpha value is -1.89. The third kappa shape index (κ3) is 3.86. The van der Waals surface area contributed by atoms with E-state index in [2.05, 4.69) is 47.6 Å². The van der Waals surface area contributed by atoms with Gasteiger partial charge in [-0.15, -0.1) is 5.10 Å². The highest BCUT2D eigenvalue weighted by Gasteiger charge is 2.29. The number of piperidine rings is 1. The van der Waals surface area contributed by atoms with Crippen LogP contribution in [0.3, 0.4) is 0 Å². The first kappa shape index (κ1) is 17.9. The maximum Gasteiger partial charge on any atom is 0.233 e. The molecule has 1 amide bonds. The molecule has 2 atom stereocenters. The average Bonchev–Trinajstić information content (AvgIpc) is 3.03. The van der Waals surface area contributed by atoms with Gasteiger partial charge in [0.25, 0.3) is 0 Å². The summed E-state index contributed by atoms with van der Waals surface area (Å²) in [7, 11) is 0. The molecule has 0 spiro atoms. The van der Waals surface area contributed by atoms with E-state index in [1.165, 1.54) is 18.2 Å². The number of tetrazole rings is 1. The number of thioether (sulfide) groups is 1. The van der Waals surface area contributed by atoms with E-state index in [1.807, 2.05) is 18.7 Å². The highest BCUT2D eigenvalue weighted by atomic mass is 32.2. The number of likely N-dealkylation sites (tertiary alicyclic amines) is 1. The van der Waals surface area contributed by atoms with Gasteiger partial charge < -0.3 is 4.90 Å². The Balaban J connectivity index is 1.74. The number of aromatic nitrogens is 4. The Bertz CT molecular complexity index is 750. The van der Waals surface area contributed by atoms with Crippen molar-refractivity contribution in [2.75, 3.05) is 5.75 Å². The zero-order valence-corrected chi connectivity index (χ0v) is 16.1. The normalized spacial score (nSPS) is 20.7. The molecule has 7 heteroatoms. The molecular weight excluding hydrogens is 334 g/mol. The minimum absolute atomic E-state index is 0.167. The van der Waals surface area contributed by atoms with E-state index in [-0.39, 0.29) is 5.91 Å². The molecule has 1 aromatic heterocycles. The molecule has 2 unspecified atom stereocenters.